The molecule has 38 heavy (non-hydrogen) atoms. The first-order chi connectivity index (χ1) is 17.9. The van der Waals surface area contributed by atoms with Crippen molar-refractivity contribution in [1.29, 1.82) is 0 Å². The molecule has 3 aliphatic heterocycles. The minimum Gasteiger partial charge on any atom is -0.328 e. The molecule has 3 fully saturated rings. The Bertz CT molecular complexity index is 1270. The van der Waals surface area contributed by atoms with E-state index < -0.39 is 21.6 Å². The Kier molecular flexibility index (Phi) is 6.88. The monoisotopic (exact) mass is 543 g/mol. The van der Waals surface area contributed by atoms with Crippen molar-refractivity contribution in [3.8, 4) is 0 Å². The normalized spacial score (nSPS) is 24.0. The number of imide groups is 1. The second kappa shape index (κ2) is 9.75. The van der Waals surface area contributed by atoms with Crippen LogP contribution < -0.4 is 15.5 Å². The van der Waals surface area contributed by atoms with Gasteiger partial charge in [0.25, 0.3) is 11.8 Å². The molecule has 10 nitrogen and oxygen atoms in total. The van der Waals surface area contributed by atoms with Gasteiger partial charge in [-0.05, 0) is 80.5 Å². The van der Waals surface area contributed by atoms with E-state index in [-0.39, 0.29) is 43.1 Å². The molecule has 1 aromatic carbocycles. The number of sulfonamides is 1. The minimum atomic E-state index is -3.53. The van der Waals surface area contributed by atoms with Crippen LogP contribution in [0, 0.1) is 18.3 Å². The molecule has 0 aromatic heterocycles. The number of carbonyl (C=O) groups excluding carboxylic acids is 3. The zero-order chi connectivity index (χ0) is 27.3. The first-order valence-electron chi connectivity index (χ1n) is 13.5. The van der Waals surface area contributed by atoms with E-state index in [0.29, 0.717) is 30.4 Å². The fraction of sp³-hybridized carbons (Fsp3) is 0.630. The number of hydrogen-bond acceptors (Lipinski definition) is 6. The van der Waals surface area contributed by atoms with Crippen molar-refractivity contribution in [3.63, 3.8) is 0 Å². The molecule has 1 aromatic rings. The number of hydrogen-bond donors (Lipinski definition) is 2. The third kappa shape index (κ3) is 5.10. The summed E-state index contributed by atoms with van der Waals surface area (Å²) < 4.78 is 27.8. The molecule has 206 valence electrons. The highest BCUT2D eigenvalue weighted by molar-refractivity contribution is 7.89. The van der Waals surface area contributed by atoms with Crippen LogP contribution in [0.15, 0.2) is 23.2 Å². The highest BCUT2D eigenvalue weighted by Gasteiger charge is 2.48. The molecule has 0 unspecified atom stereocenters. The van der Waals surface area contributed by atoms with Gasteiger partial charge in [-0.1, -0.05) is 19.9 Å². The minimum absolute atomic E-state index is 0.0256. The molecule has 11 heteroatoms. The summed E-state index contributed by atoms with van der Waals surface area (Å²) in [7, 11) is -3.53. The maximum absolute atomic E-state index is 13.2. The zero-order valence-electron chi connectivity index (χ0n) is 22.4. The molecule has 0 radical (unpaired) electrons. The largest absolute Gasteiger partial charge is 0.329 e. The summed E-state index contributed by atoms with van der Waals surface area (Å²) in [6.07, 6.45) is 5.35. The van der Waals surface area contributed by atoms with Crippen molar-refractivity contribution in [3.05, 3.63) is 29.3 Å². The number of anilines is 1. The molecule has 1 aliphatic carbocycles. The van der Waals surface area contributed by atoms with Crippen molar-refractivity contribution < 1.29 is 22.8 Å². The van der Waals surface area contributed by atoms with Crippen LogP contribution in [0.25, 0.3) is 0 Å². The topological polar surface area (TPSA) is 128 Å². The van der Waals surface area contributed by atoms with Gasteiger partial charge in [-0.2, -0.15) is 0 Å². The SMILES string of the molecule is Cc1cc(N2C(=O)CNC2=O)ccc1CCS(=O)(=O)N1CCC2(CC1)N=C(C1CCC(C)(C)CC1)NC2=O. The summed E-state index contributed by atoms with van der Waals surface area (Å²) in [5.74, 6) is 0.620. The van der Waals surface area contributed by atoms with Crippen LogP contribution in [0.4, 0.5) is 10.5 Å². The number of amides is 4. The summed E-state index contributed by atoms with van der Waals surface area (Å²) >= 11 is 0. The highest BCUT2D eigenvalue weighted by Crippen LogP contribution is 2.40. The average Bonchev–Trinajstić information content (AvgIpc) is 3.36. The van der Waals surface area contributed by atoms with Crippen molar-refractivity contribution in [2.75, 3.05) is 30.3 Å². The van der Waals surface area contributed by atoms with Gasteiger partial charge in [-0.3, -0.25) is 14.6 Å². The van der Waals surface area contributed by atoms with Crippen LogP contribution in [0.3, 0.4) is 0 Å². The number of amidine groups is 1. The molecule has 5 rings (SSSR count). The van der Waals surface area contributed by atoms with Gasteiger partial charge in [0.05, 0.1) is 18.0 Å². The Morgan fingerprint density at radius 2 is 1.74 bits per heavy atom. The number of aryl methyl sites for hydroxylation is 2. The van der Waals surface area contributed by atoms with Crippen LogP contribution in [0.2, 0.25) is 0 Å². The molecule has 0 bridgehead atoms. The van der Waals surface area contributed by atoms with E-state index in [9.17, 15) is 22.8 Å². The summed E-state index contributed by atoms with van der Waals surface area (Å²) in [5, 5.41) is 5.54. The number of carbonyl (C=O) groups is 3. The molecule has 4 amide bonds. The molecule has 0 atom stereocenters. The summed E-state index contributed by atoms with van der Waals surface area (Å²) in [4.78, 5) is 42.8. The van der Waals surface area contributed by atoms with Gasteiger partial charge in [0, 0.05) is 19.0 Å². The molecule has 2 N–H and O–H groups in total. The first kappa shape index (κ1) is 26.8. The predicted molar refractivity (Wildman–Crippen MR) is 144 cm³/mol. The third-order valence-corrected chi connectivity index (χ3v) is 10.6. The lowest BCUT2D eigenvalue weighted by Gasteiger charge is -2.35. The number of piperidine rings is 1. The van der Waals surface area contributed by atoms with Gasteiger partial charge >= 0.3 is 6.03 Å². The lowest BCUT2D eigenvalue weighted by molar-refractivity contribution is -0.125. The Morgan fingerprint density at radius 3 is 2.34 bits per heavy atom. The summed E-state index contributed by atoms with van der Waals surface area (Å²) in [6.45, 7) is 6.92. The van der Waals surface area contributed by atoms with Crippen LogP contribution >= 0.6 is 0 Å². The Labute approximate surface area is 224 Å². The number of aliphatic imine (C=N–C) groups is 1. The molecular formula is C27H37N5O5S. The van der Waals surface area contributed by atoms with Crippen LogP contribution in [0.5, 0.6) is 0 Å². The fourth-order valence-corrected chi connectivity index (χ4v) is 7.51. The van der Waals surface area contributed by atoms with E-state index in [2.05, 4.69) is 24.5 Å². The zero-order valence-corrected chi connectivity index (χ0v) is 23.2. The first-order valence-corrected chi connectivity index (χ1v) is 15.1. The van der Waals surface area contributed by atoms with Gasteiger partial charge in [0.2, 0.25) is 10.0 Å². The number of nitrogens with one attached hydrogen (secondary N) is 2. The van der Waals surface area contributed by atoms with E-state index in [1.54, 1.807) is 18.2 Å². The van der Waals surface area contributed by atoms with E-state index in [0.717, 1.165) is 47.5 Å². The second-order valence-corrected chi connectivity index (χ2v) is 14.0. The van der Waals surface area contributed by atoms with E-state index in [4.69, 9.17) is 4.99 Å². The van der Waals surface area contributed by atoms with Crippen LogP contribution in [-0.4, -0.2) is 67.3 Å². The number of nitrogens with zero attached hydrogens (tertiary/aromatic N) is 3. The van der Waals surface area contributed by atoms with Crippen molar-refractivity contribution in [2.24, 2.45) is 16.3 Å². The van der Waals surface area contributed by atoms with Gasteiger partial charge in [-0.25, -0.2) is 22.4 Å². The molecule has 3 heterocycles. The molecular weight excluding hydrogens is 506 g/mol. The smallest absolute Gasteiger partial charge is 0.328 e. The number of urea groups is 1. The molecule has 1 spiro atoms. The predicted octanol–water partition coefficient (Wildman–Crippen LogP) is 2.50. The summed E-state index contributed by atoms with van der Waals surface area (Å²) in [5.41, 5.74) is 1.62. The van der Waals surface area contributed by atoms with Gasteiger partial charge in [0.15, 0.2) is 0 Å². The molecule has 4 aliphatic rings. The Morgan fingerprint density at radius 1 is 1.05 bits per heavy atom. The maximum Gasteiger partial charge on any atom is 0.329 e. The van der Waals surface area contributed by atoms with E-state index in [1.807, 2.05) is 6.92 Å². The standard InChI is InChI=1S/C27H37N5O5S/c1-18-16-21(32-22(33)17-28-25(32)35)5-4-19(18)8-15-38(36,37)31-13-11-27(12-14-31)24(34)29-23(30-27)20-6-9-26(2,3)10-7-20/h4-5,16,20H,6-15,17H2,1-3H3,(H,28,35)(H,29,30,34). The van der Waals surface area contributed by atoms with Crippen LogP contribution in [0.1, 0.15) is 63.5 Å². The quantitative estimate of drug-likeness (QED) is 0.533. The lowest BCUT2D eigenvalue weighted by atomic mass is 9.73. The third-order valence-electron chi connectivity index (χ3n) is 8.72. The summed E-state index contributed by atoms with van der Waals surface area (Å²) in [6, 6.07) is 4.72. The van der Waals surface area contributed by atoms with Crippen molar-refractivity contribution in [1.82, 2.24) is 14.9 Å². The average molecular weight is 544 g/mol. The van der Waals surface area contributed by atoms with Crippen molar-refractivity contribution in [2.45, 2.75) is 71.3 Å². The maximum atomic E-state index is 13.2. The number of benzene rings is 1. The highest BCUT2D eigenvalue weighted by atomic mass is 32.2. The van der Waals surface area contributed by atoms with Gasteiger partial charge in [-0.15, -0.1) is 0 Å². The van der Waals surface area contributed by atoms with Gasteiger partial charge in [0.1, 0.15) is 11.4 Å². The van der Waals surface area contributed by atoms with Gasteiger partial charge < -0.3 is 10.6 Å². The van der Waals surface area contributed by atoms with Crippen molar-refractivity contribution >= 4 is 39.4 Å². The molecule has 1 saturated carbocycles. The van der Waals surface area contributed by atoms with E-state index in [1.165, 1.54) is 4.31 Å². The van der Waals surface area contributed by atoms with Crippen LogP contribution in [-0.2, 0) is 26.0 Å². The lowest BCUT2D eigenvalue weighted by Crippen LogP contribution is -2.51. The second-order valence-electron chi connectivity index (χ2n) is 11.9. The Balaban J connectivity index is 1.19. The fourth-order valence-electron chi connectivity index (χ4n) is 6.03. The molecule has 2 saturated heterocycles. The van der Waals surface area contributed by atoms with E-state index >= 15 is 0 Å². The number of rotatable bonds is 6. The Hall–Kier alpha value is -2.79.